The Hall–Kier alpha value is -3.98. The third-order valence-electron chi connectivity index (χ3n) is 4.06. The minimum absolute atomic E-state index is 0.0660. The molecule has 140 valence electrons. The van der Waals surface area contributed by atoms with Crippen LogP contribution in [0.4, 0.5) is 16.2 Å². The third-order valence-corrected chi connectivity index (χ3v) is 4.06. The van der Waals surface area contributed by atoms with Crippen LogP contribution >= 0.6 is 0 Å². The first-order valence-electron chi connectivity index (χ1n) is 8.61. The fraction of sp³-hybridized carbons (Fsp3) is 0.0909. The summed E-state index contributed by atoms with van der Waals surface area (Å²) in [5, 5.41) is 24.2. The maximum absolute atomic E-state index is 12.2. The van der Waals surface area contributed by atoms with Crippen LogP contribution in [0.15, 0.2) is 60.7 Å². The number of anilines is 2. The number of aromatic hydroxyl groups is 1. The number of nitrogens with zero attached hydrogens (tertiary/aromatic N) is 1. The molecule has 0 radical (unpaired) electrons. The predicted molar refractivity (Wildman–Crippen MR) is 108 cm³/mol. The number of benzene rings is 3. The molecular formula is C22H19N3O3. The summed E-state index contributed by atoms with van der Waals surface area (Å²) in [5.74, 6) is 1.12. The third kappa shape index (κ3) is 4.59. The van der Waals surface area contributed by atoms with Crippen LogP contribution in [0.3, 0.4) is 0 Å². The lowest BCUT2D eigenvalue weighted by atomic mass is 10.1. The number of hydrogen-bond donors (Lipinski definition) is 3. The van der Waals surface area contributed by atoms with Gasteiger partial charge in [-0.05, 0) is 61.9 Å². The zero-order chi connectivity index (χ0) is 20.1. The largest absolute Gasteiger partial charge is 0.506 e. The van der Waals surface area contributed by atoms with E-state index >= 15 is 0 Å². The highest BCUT2D eigenvalue weighted by molar-refractivity contribution is 6.00. The number of rotatable bonds is 4. The Morgan fingerprint density at radius 1 is 1.00 bits per heavy atom. The summed E-state index contributed by atoms with van der Waals surface area (Å²) in [4.78, 5) is 12.2. The molecule has 28 heavy (non-hydrogen) atoms. The van der Waals surface area contributed by atoms with Crippen molar-refractivity contribution in [2.45, 2.75) is 13.8 Å². The molecule has 0 aliphatic carbocycles. The van der Waals surface area contributed by atoms with E-state index in [4.69, 9.17) is 10.00 Å². The van der Waals surface area contributed by atoms with Crippen LogP contribution in [0.1, 0.15) is 16.7 Å². The Bertz CT molecular complexity index is 1040. The van der Waals surface area contributed by atoms with E-state index in [1.54, 1.807) is 30.3 Å². The van der Waals surface area contributed by atoms with Gasteiger partial charge in [0.2, 0.25) is 0 Å². The summed E-state index contributed by atoms with van der Waals surface area (Å²) < 4.78 is 5.87. The van der Waals surface area contributed by atoms with Crippen molar-refractivity contribution >= 4 is 17.4 Å². The van der Waals surface area contributed by atoms with Gasteiger partial charge in [0.15, 0.2) is 0 Å². The highest BCUT2D eigenvalue weighted by Crippen LogP contribution is 2.34. The van der Waals surface area contributed by atoms with Gasteiger partial charge >= 0.3 is 6.03 Å². The zero-order valence-electron chi connectivity index (χ0n) is 15.5. The minimum atomic E-state index is -0.523. The molecule has 6 nitrogen and oxygen atoms in total. The van der Waals surface area contributed by atoms with Gasteiger partial charge in [-0.15, -0.1) is 0 Å². The van der Waals surface area contributed by atoms with Crippen molar-refractivity contribution in [2.24, 2.45) is 0 Å². The highest BCUT2D eigenvalue weighted by Gasteiger charge is 2.12. The molecule has 0 spiro atoms. The highest BCUT2D eigenvalue weighted by atomic mass is 16.5. The molecule has 0 saturated carbocycles. The van der Waals surface area contributed by atoms with Crippen LogP contribution in [0.25, 0.3) is 0 Å². The molecule has 0 fully saturated rings. The molecular weight excluding hydrogens is 354 g/mol. The van der Waals surface area contributed by atoms with Gasteiger partial charge in [-0.2, -0.15) is 5.26 Å². The summed E-state index contributed by atoms with van der Waals surface area (Å²) in [6, 6.07) is 18.6. The van der Waals surface area contributed by atoms with Crippen LogP contribution in [0, 0.1) is 25.2 Å². The molecule has 2 amide bonds. The van der Waals surface area contributed by atoms with Gasteiger partial charge in [0.1, 0.15) is 17.2 Å². The molecule has 3 rings (SSSR count). The first kappa shape index (κ1) is 18.8. The molecule has 3 aromatic carbocycles. The summed E-state index contributed by atoms with van der Waals surface area (Å²) in [7, 11) is 0. The van der Waals surface area contributed by atoms with E-state index in [2.05, 4.69) is 10.6 Å². The van der Waals surface area contributed by atoms with E-state index in [1.165, 1.54) is 6.07 Å². The normalized spacial score (nSPS) is 10.0. The first-order valence-corrected chi connectivity index (χ1v) is 8.61. The number of ether oxygens (including phenoxy) is 1. The Morgan fingerprint density at radius 3 is 2.32 bits per heavy atom. The Balaban J connectivity index is 1.74. The summed E-state index contributed by atoms with van der Waals surface area (Å²) in [6.45, 7) is 3.80. The average Bonchev–Trinajstić information content (AvgIpc) is 2.68. The molecule has 0 atom stereocenters. The summed E-state index contributed by atoms with van der Waals surface area (Å²) in [6.07, 6.45) is 0. The Kier molecular flexibility index (Phi) is 5.47. The molecule has 0 aromatic heterocycles. The molecule has 0 aliphatic rings. The van der Waals surface area contributed by atoms with E-state index in [-0.39, 0.29) is 11.4 Å². The topological polar surface area (TPSA) is 94.4 Å². The van der Waals surface area contributed by atoms with Gasteiger partial charge in [0, 0.05) is 11.8 Å². The lowest BCUT2D eigenvalue weighted by molar-refractivity contribution is 0.262. The maximum atomic E-state index is 12.2. The van der Waals surface area contributed by atoms with E-state index in [0.29, 0.717) is 22.7 Å². The lowest BCUT2D eigenvalue weighted by Crippen LogP contribution is -2.19. The Labute approximate surface area is 163 Å². The van der Waals surface area contributed by atoms with Crippen LogP contribution in [0.2, 0.25) is 0 Å². The predicted octanol–water partition coefficient (Wildman–Crippen LogP) is 5.32. The number of amides is 2. The number of carbonyl (C=O) groups excluding carboxylic acids is 1. The Morgan fingerprint density at radius 2 is 1.68 bits per heavy atom. The number of aryl methyl sites for hydroxylation is 2. The summed E-state index contributed by atoms with van der Waals surface area (Å²) >= 11 is 0. The first-order chi connectivity index (χ1) is 13.4. The van der Waals surface area contributed by atoms with Gasteiger partial charge in [0.05, 0.1) is 17.3 Å². The number of carbonyl (C=O) groups is 1. The van der Waals surface area contributed by atoms with E-state index in [0.717, 1.165) is 11.1 Å². The zero-order valence-corrected chi connectivity index (χ0v) is 15.5. The monoisotopic (exact) mass is 373 g/mol. The SMILES string of the molecule is Cc1ccc(Oc2cc(NC(=O)Nc3ccc(C#N)cc3)c(O)cc2C)cc1. The van der Waals surface area contributed by atoms with Crippen LogP contribution < -0.4 is 15.4 Å². The second kappa shape index (κ2) is 8.14. The van der Waals surface area contributed by atoms with E-state index in [9.17, 15) is 9.90 Å². The second-order valence-electron chi connectivity index (χ2n) is 6.32. The number of phenolic OH excluding ortho intramolecular Hbond substituents is 1. The standard InChI is InChI=1S/C22H19N3O3/c1-14-3-9-18(10-4-14)28-21-12-19(20(26)11-15(21)2)25-22(27)24-17-7-5-16(13-23)6-8-17/h3-12,26H,1-2H3,(H2,24,25,27). The molecule has 0 saturated heterocycles. The van der Waals surface area contributed by atoms with Crippen molar-refractivity contribution in [3.8, 4) is 23.3 Å². The fourth-order valence-corrected chi connectivity index (χ4v) is 2.53. The van der Waals surface area contributed by atoms with Crippen molar-refractivity contribution in [2.75, 3.05) is 10.6 Å². The van der Waals surface area contributed by atoms with Crippen LogP contribution in [0.5, 0.6) is 17.2 Å². The van der Waals surface area contributed by atoms with Gasteiger partial charge in [-0.3, -0.25) is 0 Å². The smallest absolute Gasteiger partial charge is 0.323 e. The molecule has 6 heteroatoms. The lowest BCUT2D eigenvalue weighted by Gasteiger charge is -2.14. The molecule has 0 bridgehead atoms. The van der Waals surface area contributed by atoms with Gasteiger partial charge in [-0.25, -0.2) is 4.79 Å². The average molecular weight is 373 g/mol. The van der Waals surface area contributed by atoms with Crippen molar-refractivity contribution < 1.29 is 14.6 Å². The number of nitriles is 1. The van der Waals surface area contributed by atoms with Crippen molar-refractivity contribution in [3.63, 3.8) is 0 Å². The van der Waals surface area contributed by atoms with Gasteiger partial charge < -0.3 is 20.5 Å². The van der Waals surface area contributed by atoms with Crippen molar-refractivity contribution in [1.29, 1.82) is 5.26 Å². The maximum Gasteiger partial charge on any atom is 0.323 e. The quantitative estimate of drug-likeness (QED) is 0.540. The van der Waals surface area contributed by atoms with E-state index < -0.39 is 6.03 Å². The molecule has 3 N–H and O–H groups in total. The number of nitrogens with one attached hydrogen (secondary N) is 2. The van der Waals surface area contributed by atoms with Gasteiger partial charge in [0.25, 0.3) is 0 Å². The van der Waals surface area contributed by atoms with Crippen molar-refractivity contribution in [1.82, 2.24) is 0 Å². The van der Waals surface area contributed by atoms with Crippen LogP contribution in [-0.4, -0.2) is 11.1 Å². The number of hydrogen-bond acceptors (Lipinski definition) is 4. The number of phenols is 1. The number of urea groups is 1. The van der Waals surface area contributed by atoms with Crippen molar-refractivity contribution in [3.05, 3.63) is 77.4 Å². The molecule has 0 heterocycles. The van der Waals surface area contributed by atoms with E-state index in [1.807, 2.05) is 44.2 Å². The van der Waals surface area contributed by atoms with Gasteiger partial charge in [-0.1, -0.05) is 17.7 Å². The minimum Gasteiger partial charge on any atom is -0.506 e. The second-order valence-corrected chi connectivity index (χ2v) is 6.32. The fourth-order valence-electron chi connectivity index (χ4n) is 2.53. The van der Waals surface area contributed by atoms with Crippen LogP contribution in [-0.2, 0) is 0 Å². The molecule has 0 aliphatic heterocycles. The molecule has 3 aromatic rings. The molecule has 0 unspecified atom stereocenters. The summed E-state index contributed by atoms with van der Waals surface area (Å²) in [5.41, 5.74) is 3.10.